The molecule has 3 atom stereocenters. The number of H-pyrrole nitrogens is 1. The summed E-state index contributed by atoms with van der Waals surface area (Å²) in [5.41, 5.74) is -0.464. The zero-order chi connectivity index (χ0) is 25.8. The van der Waals surface area contributed by atoms with Crippen molar-refractivity contribution in [2.24, 2.45) is 14.1 Å². The van der Waals surface area contributed by atoms with Gasteiger partial charge in [-0.05, 0) is 19.1 Å². The van der Waals surface area contributed by atoms with Crippen LogP contribution in [0.2, 0.25) is 0 Å². The Bertz CT molecular complexity index is 1540. The lowest BCUT2D eigenvalue weighted by molar-refractivity contribution is -0.132. The number of para-hydroxylation sites is 2. The predicted octanol–water partition coefficient (Wildman–Crippen LogP) is -0.172. The summed E-state index contributed by atoms with van der Waals surface area (Å²) < 4.78 is 3.77. The molecule has 190 valence electrons. The van der Waals surface area contributed by atoms with Gasteiger partial charge in [0.2, 0.25) is 5.91 Å². The summed E-state index contributed by atoms with van der Waals surface area (Å²) in [6.45, 7) is 1.68. The average Bonchev–Trinajstić information content (AvgIpc) is 3.43. The maximum absolute atomic E-state index is 13.2. The number of hydrogen-bond acceptors (Lipinski definition) is 7. The Morgan fingerprint density at radius 2 is 1.94 bits per heavy atom. The number of nitrogens with zero attached hydrogens (tertiary/aromatic N) is 6. The molecule has 5 rings (SSSR count). The highest BCUT2D eigenvalue weighted by Gasteiger charge is 2.42. The number of likely N-dealkylation sites (tertiary alicyclic amines) is 1. The Morgan fingerprint density at radius 3 is 2.69 bits per heavy atom. The third-order valence-electron chi connectivity index (χ3n) is 7.07. The number of amides is 1. The maximum Gasteiger partial charge on any atom is 0.332 e. The summed E-state index contributed by atoms with van der Waals surface area (Å²) in [5.74, 6) is 0.482. The number of imidazole rings is 2. The highest BCUT2D eigenvalue weighted by Crippen LogP contribution is 2.33. The second kappa shape index (κ2) is 8.71. The molecule has 1 fully saturated rings. The summed E-state index contributed by atoms with van der Waals surface area (Å²) in [6, 6.07) is 6.84. The Labute approximate surface area is 205 Å². The first kappa shape index (κ1) is 23.9. The van der Waals surface area contributed by atoms with Crippen molar-refractivity contribution >= 4 is 28.1 Å². The lowest BCUT2D eigenvalue weighted by atomic mass is 9.91. The van der Waals surface area contributed by atoms with Crippen molar-refractivity contribution in [3.05, 3.63) is 57.3 Å². The van der Waals surface area contributed by atoms with Crippen LogP contribution in [0, 0.1) is 0 Å². The van der Waals surface area contributed by atoms with E-state index in [0.717, 1.165) is 15.6 Å². The minimum Gasteiger partial charge on any atom is -0.391 e. The van der Waals surface area contributed by atoms with Gasteiger partial charge in [0.05, 0.1) is 35.1 Å². The van der Waals surface area contributed by atoms with E-state index < -0.39 is 29.0 Å². The van der Waals surface area contributed by atoms with Crippen LogP contribution in [0.4, 0.5) is 0 Å². The Kier molecular flexibility index (Phi) is 5.80. The first-order valence-corrected chi connectivity index (χ1v) is 11.8. The van der Waals surface area contributed by atoms with Crippen LogP contribution >= 0.6 is 0 Å². The van der Waals surface area contributed by atoms with Gasteiger partial charge in [0.25, 0.3) is 5.56 Å². The summed E-state index contributed by atoms with van der Waals surface area (Å²) >= 11 is 0. The lowest BCUT2D eigenvalue weighted by Gasteiger charge is -2.34. The number of carbonyl (C=O) groups excluding carboxylic acids is 1. The number of aryl methyl sites for hydroxylation is 2. The maximum atomic E-state index is 13.2. The molecule has 0 bridgehead atoms. The fraction of sp³-hybridized carbons (Fsp3) is 0.458. The van der Waals surface area contributed by atoms with E-state index in [1.54, 1.807) is 6.92 Å². The predicted molar refractivity (Wildman–Crippen MR) is 131 cm³/mol. The number of hydrogen-bond donors (Lipinski definition) is 3. The van der Waals surface area contributed by atoms with Gasteiger partial charge >= 0.3 is 5.69 Å². The average molecular weight is 496 g/mol. The van der Waals surface area contributed by atoms with Crippen LogP contribution in [0.3, 0.4) is 0 Å². The second-order valence-electron chi connectivity index (χ2n) is 9.76. The molecule has 36 heavy (non-hydrogen) atoms. The van der Waals surface area contributed by atoms with Crippen LogP contribution < -0.4 is 11.2 Å². The SMILES string of the molecule is Cn1c(=O)c2c(ncn2[C@H]2CN(C(=O)CCc3nc4ccccc4[nH]3)C[C@H](O)C[C@]2(C)O)n(C)c1=O. The van der Waals surface area contributed by atoms with Gasteiger partial charge in [-0.15, -0.1) is 0 Å². The molecule has 1 aliphatic rings. The number of rotatable bonds is 4. The van der Waals surface area contributed by atoms with E-state index in [1.807, 2.05) is 24.3 Å². The van der Waals surface area contributed by atoms with E-state index >= 15 is 0 Å². The van der Waals surface area contributed by atoms with Crippen LogP contribution in [0.5, 0.6) is 0 Å². The topological polar surface area (TPSA) is 151 Å². The summed E-state index contributed by atoms with van der Waals surface area (Å²) in [5, 5.41) is 22.0. The van der Waals surface area contributed by atoms with Gasteiger partial charge in [0, 0.05) is 46.4 Å². The number of carbonyl (C=O) groups is 1. The van der Waals surface area contributed by atoms with Crippen LogP contribution in [0.15, 0.2) is 40.2 Å². The van der Waals surface area contributed by atoms with Crippen molar-refractivity contribution < 1.29 is 15.0 Å². The van der Waals surface area contributed by atoms with Crippen molar-refractivity contribution in [2.45, 2.75) is 43.9 Å². The molecular formula is C24H29N7O5. The Balaban J connectivity index is 1.45. The van der Waals surface area contributed by atoms with Crippen molar-refractivity contribution in [3.8, 4) is 0 Å². The van der Waals surface area contributed by atoms with E-state index in [9.17, 15) is 24.6 Å². The first-order valence-electron chi connectivity index (χ1n) is 11.8. The fourth-order valence-electron chi connectivity index (χ4n) is 5.11. The zero-order valence-electron chi connectivity index (χ0n) is 20.4. The molecule has 0 aliphatic carbocycles. The molecule has 0 saturated carbocycles. The van der Waals surface area contributed by atoms with E-state index in [-0.39, 0.29) is 43.0 Å². The Morgan fingerprint density at radius 1 is 1.19 bits per heavy atom. The van der Waals surface area contributed by atoms with E-state index in [0.29, 0.717) is 12.2 Å². The standard InChI is InChI=1S/C24H29N7O5/c1-24(36)10-14(32)11-30(19(33)9-8-18-26-15-6-4-5-7-16(15)27-18)12-17(24)31-13-25-21-20(31)22(34)29(3)23(35)28(21)2/h4-7,13-14,17,32,36H,8-12H2,1-3H3,(H,26,27)/t14-,17+,24+/m1/s1. The van der Waals surface area contributed by atoms with E-state index in [2.05, 4.69) is 15.0 Å². The quantitative estimate of drug-likeness (QED) is 0.355. The van der Waals surface area contributed by atoms with Crippen LogP contribution in [0.1, 0.15) is 31.6 Å². The fourth-order valence-corrected chi connectivity index (χ4v) is 5.11. The second-order valence-corrected chi connectivity index (χ2v) is 9.76. The zero-order valence-corrected chi connectivity index (χ0v) is 20.4. The summed E-state index contributed by atoms with van der Waals surface area (Å²) in [4.78, 5) is 52.1. The molecule has 3 N–H and O–H groups in total. The van der Waals surface area contributed by atoms with Gasteiger partial charge in [-0.1, -0.05) is 12.1 Å². The number of aromatic nitrogens is 6. The summed E-state index contributed by atoms with van der Waals surface area (Å²) in [7, 11) is 2.90. The van der Waals surface area contributed by atoms with Crippen LogP contribution in [-0.2, 0) is 25.3 Å². The third kappa shape index (κ3) is 4.01. The van der Waals surface area contributed by atoms with Gasteiger partial charge in [-0.2, -0.15) is 0 Å². The first-order chi connectivity index (χ1) is 17.1. The number of fused-ring (bicyclic) bond motifs is 2. The largest absolute Gasteiger partial charge is 0.391 e. The van der Waals surface area contributed by atoms with Crippen molar-refractivity contribution in [1.82, 2.24) is 33.6 Å². The molecule has 3 aromatic heterocycles. The number of nitrogens with one attached hydrogen (secondary N) is 1. The van der Waals surface area contributed by atoms with Crippen molar-refractivity contribution in [2.75, 3.05) is 13.1 Å². The molecular weight excluding hydrogens is 466 g/mol. The molecule has 1 saturated heterocycles. The van der Waals surface area contributed by atoms with Gasteiger partial charge < -0.3 is 24.7 Å². The Hall–Kier alpha value is -3.77. The number of aromatic amines is 1. The van der Waals surface area contributed by atoms with Crippen molar-refractivity contribution in [1.29, 1.82) is 0 Å². The minimum absolute atomic E-state index is 0.00320. The third-order valence-corrected chi connectivity index (χ3v) is 7.07. The lowest BCUT2D eigenvalue weighted by Crippen LogP contribution is -2.44. The normalized spacial score (nSPS) is 22.9. The molecule has 12 nitrogen and oxygen atoms in total. The molecule has 1 amide bonds. The molecule has 1 aromatic carbocycles. The molecule has 1 aliphatic heterocycles. The highest BCUT2D eigenvalue weighted by molar-refractivity contribution is 5.78. The molecule has 4 heterocycles. The minimum atomic E-state index is -1.46. The summed E-state index contributed by atoms with van der Waals surface area (Å²) in [6.07, 6.45) is 0.984. The number of β-amino-alcohol motifs (C(OH)–C–C–N with tert-alkyl or cyclic N) is 1. The molecule has 0 radical (unpaired) electrons. The van der Waals surface area contributed by atoms with Crippen LogP contribution in [-0.4, -0.2) is 74.5 Å². The van der Waals surface area contributed by atoms with Gasteiger partial charge in [0.15, 0.2) is 11.2 Å². The number of aliphatic hydroxyl groups is 2. The smallest absolute Gasteiger partial charge is 0.332 e. The number of benzene rings is 1. The molecule has 4 aromatic rings. The molecule has 0 unspecified atom stereocenters. The highest BCUT2D eigenvalue weighted by atomic mass is 16.3. The van der Waals surface area contributed by atoms with Gasteiger partial charge in [-0.25, -0.2) is 14.8 Å². The van der Waals surface area contributed by atoms with Gasteiger partial charge in [0.1, 0.15) is 5.82 Å². The van der Waals surface area contributed by atoms with Crippen molar-refractivity contribution in [3.63, 3.8) is 0 Å². The van der Waals surface area contributed by atoms with Crippen LogP contribution in [0.25, 0.3) is 22.2 Å². The molecule has 12 heteroatoms. The number of aliphatic hydroxyl groups excluding tert-OH is 1. The monoisotopic (exact) mass is 495 g/mol. The molecule has 0 spiro atoms. The van der Waals surface area contributed by atoms with E-state index in [1.165, 1.54) is 34.5 Å². The van der Waals surface area contributed by atoms with Gasteiger partial charge in [-0.3, -0.25) is 18.7 Å². The van der Waals surface area contributed by atoms with E-state index in [4.69, 9.17) is 0 Å².